The first-order valence-corrected chi connectivity index (χ1v) is 5.81. The Bertz CT molecular complexity index is 698. The van der Waals surface area contributed by atoms with E-state index in [0.29, 0.717) is 17.3 Å². The van der Waals surface area contributed by atoms with Crippen molar-refractivity contribution < 1.29 is 9.84 Å². The van der Waals surface area contributed by atoms with Crippen LogP contribution in [0.25, 0.3) is 10.9 Å². The van der Waals surface area contributed by atoms with Gasteiger partial charge in [0.05, 0.1) is 17.8 Å². The molecule has 0 spiro atoms. The van der Waals surface area contributed by atoms with Crippen LogP contribution >= 0.6 is 0 Å². The van der Waals surface area contributed by atoms with Crippen molar-refractivity contribution in [3.8, 4) is 11.6 Å². The molecule has 0 aliphatic rings. The quantitative estimate of drug-likeness (QED) is 0.775. The third kappa shape index (κ3) is 2.51. The van der Waals surface area contributed by atoms with Gasteiger partial charge in [0.2, 0.25) is 5.88 Å². The molecule has 0 amide bonds. The van der Waals surface area contributed by atoms with E-state index in [1.807, 2.05) is 30.3 Å². The molecule has 94 valence electrons. The number of aliphatic hydroxyl groups excluding tert-OH is 1. The normalized spacial score (nSPS) is 10.6. The molecule has 1 N–H and O–H groups in total. The first kappa shape index (κ1) is 11.6. The maximum Gasteiger partial charge on any atom is 0.238 e. The molecule has 0 unspecified atom stereocenters. The number of nitrogens with zero attached hydrogens (tertiary/aromatic N) is 3. The average Bonchev–Trinajstić information content (AvgIpc) is 2.48. The lowest BCUT2D eigenvalue weighted by molar-refractivity contribution is 0.274. The molecular weight excluding hydrogens is 242 g/mol. The second kappa shape index (κ2) is 4.99. The molecule has 0 radical (unpaired) electrons. The van der Waals surface area contributed by atoms with Gasteiger partial charge in [-0.3, -0.25) is 4.98 Å². The van der Waals surface area contributed by atoms with Crippen LogP contribution in [0.1, 0.15) is 5.69 Å². The minimum atomic E-state index is -0.132. The fourth-order valence-corrected chi connectivity index (χ4v) is 1.72. The van der Waals surface area contributed by atoms with Crippen molar-refractivity contribution in [1.29, 1.82) is 0 Å². The average molecular weight is 253 g/mol. The summed E-state index contributed by atoms with van der Waals surface area (Å²) in [6.07, 6.45) is 1.74. The summed E-state index contributed by atoms with van der Waals surface area (Å²) in [5.74, 6) is 1.03. The highest BCUT2D eigenvalue weighted by Gasteiger charge is 2.02. The van der Waals surface area contributed by atoms with Crippen molar-refractivity contribution in [3.63, 3.8) is 0 Å². The lowest BCUT2D eigenvalue weighted by Gasteiger charge is -2.05. The maximum atomic E-state index is 8.89. The van der Waals surface area contributed by atoms with E-state index in [4.69, 9.17) is 9.84 Å². The molecule has 3 rings (SSSR count). The highest BCUT2D eigenvalue weighted by Crippen LogP contribution is 2.22. The second-order valence-corrected chi connectivity index (χ2v) is 3.98. The van der Waals surface area contributed by atoms with Crippen LogP contribution in [0.5, 0.6) is 11.6 Å². The largest absolute Gasteiger partial charge is 0.437 e. The number of fused-ring (bicyclic) bond motifs is 1. The first-order valence-electron chi connectivity index (χ1n) is 5.81. The fraction of sp³-hybridized carbons (Fsp3) is 0.0714. The maximum absolute atomic E-state index is 8.89. The molecular formula is C14H11N3O2. The SMILES string of the molecule is OCc1ccc(Oc2ccc3cccnc3c2)nn1. The zero-order valence-corrected chi connectivity index (χ0v) is 10.0. The fourth-order valence-electron chi connectivity index (χ4n) is 1.72. The van der Waals surface area contributed by atoms with Gasteiger partial charge >= 0.3 is 0 Å². The van der Waals surface area contributed by atoms with Crippen LogP contribution in [0.2, 0.25) is 0 Å². The van der Waals surface area contributed by atoms with Crippen LogP contribution in [-0.2, 0) is 6.61 Å². The van der Waals surface area contributed by atoms with E-state index in [1.54, 1.807) is 18.3 Å². The van der Waals surface area contributed by atoms with Gasteiger partial charge in [0, 0.05) is 23.7 Å². The summed E-state index contributed by atoms with van der Waals surface area (Å²) >= 11 is 0. The molecule has 2 aromatic heterocycles. The molecule has 19 heavy (non-hydrogen) atoms. The number of pyridine rings is 1. The lowest BCUT2D eigenvalue weighted by atomic mass is 10.2. The third-order valence-corrected chi connectivity index (χ3v) is 2.66. The highest BCUT2D eigenvalue weighted by molar-refractivity contribution is 5.79. The number of rotatable bonds is 3. The Labute approximate surface area is 109 Å². The molecule has 0 saturated heterocycles. The van der Waals surface area contributed by atoms with E-state index in [2.05, 4.69) is 15.2 Å². The summed E-state index contributed by atoms with van der Waals surface area (Å²) in [6, 6.07) is 12.8. The van der Waals surface area contributed by atoms with Crippen molar-refractivity contribution in [2.45, 2.75) is 6.61 Å². The van der Waals surface area contributed by atoms with E-state index >= 15 is 0 Å². The molecule has 0 aliphatic heterocycles. The summed E-state index contributed by atoms with van der Waals surface area (Å²) in [5.41, 5.74) is 1.37. The molecule has 2 heterocycles. The van der Waals surface area contributed by atoms with Crippen LogP contribution in [0, 0.1) is 0 Å². The molecule has 0 saturated carbocycles. The molecule has 1 aromatic carbocycles. The van der Waals surface area contributed by atoms with Crippen molar-refractivity contribution in [3.05, 3.63) is 54.4 Å². The van der Waals surface area contributed by atoms with Gasteiger partial charge in [-0.05, 0) is 24.3 Å². The number of ether oxygens (including phenoxy) is 1. The Morgan fingerprint density at radius 3 is 2.79 bits per heavy atom. The summed E-state index contributed by atoms with van der Waals surface area (Å²) in [6.45, 7) is -0.132. The molecule has 3 aromatic rings. The Morgan fingerprint density at radius 2 is 2.00 bits per heavy atom. The summed E-state index contributed by atoms with van der Waals surface area (Å²) in [5, 5.41) is 17.6. The van der Waals surface area contributed by atoms with Crippen molar-refractivity contribution in [1.82, 2.24) is 15.2 Å². The topological polar surface area (TPSA) is 68.1 Å². The Balaban J connectivity index is 1.87. The molecule has 0 aliphatic carbocycles. The highest BCUT2D eigenvalue weighted by atomic mass is 16.5. The van der Waals surface area contributed by atoms with Crippen LogP contribution in [0.4, 0.5) is 0 Å². The van der Waals surface area contributed by atoms with Gasteiger partial charge in [-0.1, -0.05) is 6.07 Å². The number of benzene rings is 1. The Kier molecular flexibility index (Phi) is 3.04. The van der Waals surface area contributed by atoms with Gasteiger partial charge in [0.1, 0.15) is 5.75 Å². The van der Waals surface area contributed by atoms with Gasteiger partial charge in [-0.15, -0.1) is 10.2 Å². The smallest absolute Gasteiger partial charge is 0.238 e. The number of hydrogen-bond donors (Lipinski definition) is 1. The van der Waals surface area contributed by atoms with Gasteiger partial charge < -0.3 is 9.84 Å². The minimum absolute atomic E-state index is 0.132. The predicted octanol–water partition coefficient (Wildman–Crippen LogP) is 2.31. The van der Waals surface area contributed by atoms with Gasteiger partial charge in [0.15, 0.2) is 0 Å². The number of aromatic nitrogens is 3. The van der Waals surface area contributed by atoms with Crippen LogP contribution in [-0.4, -0.2) is 20.3 Å². The molecule has 0 bridgehead atoms. The van der Waals surface area contributed by atoms with E-state index in [0.717, 1.165) is 10.9 Å². The van der Waals surface area contributed by atoms with Gasteiger partial charge in [-0.25, -0.2) is 0 Å². The zero-order valence-electron chi connectivity index (χ0n) is 10.0. The zero-order chi connectivity index (χ0) is 13.1. The number of aliphatic hydroxyl groups is 1. The molecule has 0 atom stereocenters. The van der Waals surface area contributed by atoms with E-state index in [9.17, 15) is 0 Å². The standard InChI is InChI=1S/C14H11N3O2/c18-9-11-4-6-14(17-16-11)19-12-5-3-10-2-1-7-15-13(10)8-12/h1-8,18H,9H2. The summed E-state index contributed by atoms with van der Waals surface area (Å²) in [7, 11) is 0. The van der Waals surface area contributed by atoms with E-state index in [1.165, 1.54) is 0 Å². The predicted molar refractivity (Wildman–Crippen MR) is 69.8 cm³/mol. The summed E-state index contributed by atoms with van der Waals surface area (Å²) < 4.78 is 5.59. The van der Waals surface area contributed by atoms with Gasteiger partial charge in [-0.2, -0.15) is 0 Å². The molecule has 5 heteroatoms. The minimum Gasteiger partial charge on any atom is -0.437 e. The number of hydrogen-bond acceptors (Lipinski definition) is 5. The van der Waals surface area contributed by atoms with Gasteiger partial charge in [0.25, 0.3) is 0 Å². The Hall–Kier alpha value is -2.53. The Morgan fingerprint density at radius 1 is 1.05 bits per heavy atom. The lowest BCUT2D eigenvalue weighted by Crippen LogP contribution is -1.95. The van der Waals surface area contributed by atoms with Crippen LogP contribution in [0.15, 0.2) is 48.7 Å². The molecule has 0 fully saturated rings. The van der Waals surface area contributed by atoms with Crippen molar-refractivity contribution in [2.75, 3.05) is 0 Å². The monoisotopic (exact) mass is 253 g/mol. The second-order valence-electron chi connectivity index (χ2n) is 3.98. The first-order chi connectivity index (χ1) is 9.35. The van der Waals surface area contributed by atoms with Crippen molar-refractivity contribution in [2.24, 2.45) is 0 Å². The van der Waals surface area contributed by atoms with Crippen LogP contribution in [0.3, 0.4) is 0 Å². The van der Waals surface area contributed by atoms with E-state index < -0.39 is 0 Å². The van der Waals surface area contributed by atoms with E-state index in [-0.39, 0.29) is 6.61 Å². The third-order valence-electron chi connectivity index (χ3n) is 2.66. The molecule has 5 nitrogen and oxygen atoms in total. The van der Waals surface area contributed by atoms with Crippen molar-refractivity contribution >= 4 is 10.9 Å². The summed E-state index contributed by atoms with van der Waals surface area (Å²) in [4.78, 5) is 4.26. The van der Waals surface area contributed by atoms with Crippen LogP contribution < -0.4 is 4.74 Å².